The van der Waals surface area contributed by atoms with Crippen molar-refractivity contribution >= 4 is 0 Å². The van der Waals surface area contributed by atoms with Crippen molar-refractivity contribution in [3.63, 3.8) is 0 Å². The Morgan fingerprint density at radius 3 is 2.67 bits per heavy atom. The van der Waals surface area contributed by atoms with E-state index in [-0.39, 0.29) is 5.54 Å². The van der Waals surface area contributed by atoms with E-state index in [9.17, 15) is 0 Å². The Balaban J connectivity index is 1.76. The number of piperidine rings is 1. The normalized spacial score (nSPS) is 20.6. The van der Waals surface area contributed by atoms with Crippen molar-refractivity contribution in [2.75, 3.05) is 19.8 Å². The van der Waals surface area contributed by atoms with Crippen LogP contribution in [0, 0.1) is 0 Å². The molecule has 1 aromatic rings. The minimum Gasteiger partial charge on any atom is -0.361 e. The molecule has 3 nitrogen and oxygen atoms in total. The third-order valence-corrected chi connectivity index (χ3v) is 3.99. The number of nitrogens with zero attached hydrogens (tertiary/aromatic N) is 1. The summed E-state index contributed by atoms with van der Waals surface area (Å²) in [5, 5.41) is 3.63. The van der Waals surface area contributed by atoms with Gasteiger partial charge in [-0.1, -0.05) is 36.8 Å². The van der Waals surface area contributed by atoms with Gasteiger partial charge in [-0.2, -0.15) is 0 Å². The topological polar surface area (TPSA) is 24.5 Å². The molecular formula is C18H30N2O. The Kier molecular flexibility index (Phi) is 6.22. The maximum atomic E-state index is 5.92. The Hall–Kier alpha value is -0.900. The van der Waals surface area contributed by atoms with Crippen LogP contribution in [0.1, 0.15) is 45.6 Å². The lowest BCUT2D eigenvalue weighted by atomic mass is 10.0. The molecule has 2 rings (SSSR count). The highest BCUT2D eigenvalue weighted by Gasteiger charge is 2.23. The average Bonchev–Trinajstić information content (AvgIpc) is 2.46. The van der Waals surface area contributed by atoms with Gasteiger partial charge in [-0.05, 0) is 39.2 Å². The van der Waals surface area contributed by atoms with Crippen LogP contribution in [0.15, 0.2) is 30.3 Å². The predicted octanol–water partition coefficient (Wildman–Crippen LogP) is 3.40. The molecule has 118 valence electrons. The molecule has 1 saturated heterocycles. The number of rotatable bonds is 6. The van der Waals surface area contributed by atoms with Crippen molar-refractivity contribution in [1.29, 1.82) is 0 Å². The van der Waals surface area contributed by atoms with Gasteiger partial charge in [0.05, 0.1) is 13.3 Å². The Bertz CT molecular complexity index is 399. The number of likely N-dealkylation sites (tertiary alicyclic amines) is 1. The zero-order valence-electron chi connectivity index (χ0n) is 13.8. The van der Waals surface area contributed by atoms with Crippen molar-refractivity contribution in [3.8, 4) is 0 Å². The van der Waals surface area contributed by atoms with Gasteiger partial charge in [-0.3, -0.25) is 4.90 Å². The Labute approximate surface area is 129 Å². The minimum atomic E-state index is 0.189. The summed E-state index contributed by atoms with van der Waals surface area (Å²) in [5.74, 6) is 0. The Morgan fingerprint density at radius 2 is 1.95 bits per heavy atom. The van der Waals surface area contributed by atoms with Crippen LogP contribution in [0.2, 0.25) is 0 Å². The smallest absolute Gasteiger partial charge is 0.0997 e. The van der Waals surface area contributed by atoms with Gasteiger partial charge in [-0.25, -0.2) is 0 Å². The van der Waals surface area contributed by atoms with E-state index < -0.39 is 0 Å². The summed E-state index contributed by atoms with van der Waals surface area (Å²) in [6.07, 6.45) is 3.91. The summed E-state index contributed by atoms with van der Waals surface area (Å²) < 4.78 is 5.92. The summed E-state index contributed by atoms with van der Waals surface area (Å²) in [6, 6.07) is 11.0. The second kappa shape index (κ2) is 7.92. The second-order valence-corrected chi connectivity index (χ2v) is 7.06. The van der Waals surface area contributed by atoms with Crippen LogP contribution in [-0.4, -0.2) is 36.3 Å². The third-order valence-electron chi connectivity index (χ3n) is 3.99. The van der Waals surface area contributed by atoms with Gasteiger partial charge in [0.25, 0.3) is 0 Å². The van der Waals surface area contributed by atoms with Crippen LogP contribution in [0.5, 0.6) is 0 Å². The lowest BCUT2D eigenvalue weighted by Crippen LogP contribution is -2.50. The van der Waals surface area contributed by atoms with E-state index in [1.807, 2.05) is 6.07 Å². The molecule has 0 spiro atoms. The van der Waals surface area contributed by atoms with E-state index in [0.717, 1.165) is 19.8 Å². The van der Waals surface area contributed by atoms with Crippen LogP contribution < -0.4 is 5.32 Å². The molecule has 1 heterocycles. The SMILES string of the molecule is CC(C)(C)NCC1CCCCN1COCc1ccccc1. The van der Waals surface area contributed by atoms with E-state index in [1.54, 1.807) is 0 Å². The van der Waals surface area contributed by atoms with Crippen molar-refractivity contribution < 1.29 is 4.74 Å². The highest BCUT2D eigenvalue weighted by molar-refractivity contribution is 5.13. The molecule has 1 aliphatic rings. The fourth-order valence-corrected chi connectivity index (χ4v) is 2.74. The van der Waals surface area contributed by atoms with Gasteiger partial charge in [0.15, 0.2) is 0 Å². The first-order valence-electron chi connectivity index (χ1n) is 8.15. The van der Waals surface area contributed by atoms with Gasteiger partial charge < -0.3 is 10.1 Å². The van der Waals surface area contributed by atoms with E-state index in [1.165, 1.54) is 24.8 Å². The van der Waals surface area contributed by atoms with Gasteiger partial charge in [-0.15, -0.1) is 0 Å². The van der Waals surface area contributed by atoms with E-state index in [4.69, 9.17) is 4.74 Å². The number of hydrogen-bond acceptors (Lipinski definition) is 3. The van der Waals surface area contributed by atoms with Crippen molar-refractivity contribution in [2.45, 2.75) is 58.2 Å². The van der Waals surface area contributed by atoms with Crippen LogP contribution in [-0.2, 0) is 11.3 Å². The van der Waals surface area contributed by atoms with Gasteiger partial charge >= 0.3 is 0 Å². The number of hydrogen-bond donors (Lipinski definition) is 1. The molecule has 21 heavy (non-hydrogen) atoms. The molecule has 1 aromatic carbocycles. The molecule has 1 unspecified atom stereocenters. The number of ether oxygens (including phenoxy) is 1. The van der Waals surface area contributed by atoms with E-state index in [2.05, 4.69) is 55.3 Å². The quantitative estimate of drug-likeness (QED) is 0.869. The maximum Gasteiger partial charge on any atom is 0.0997 e. The minimum absolute atomic E-state index is 0.189. The molecule has 1 fully saturated rings. The second-order valence-electron chi connectivity index (χ2n) is 7.06. The van der Waals surface area contributed by atoms with Gasteiger partial charge in [0.1, 0.15) is 0 Å². The summed E-state index contributed by atoms with van der Waals surface area (Å²) in [4.78, 5) is 2.49. The molecule has 0 aromatic heterocycles. The highest BCUT2D eigenvalue weighted by atomic mass is 16.5. The first-order valence-corrected chi connectivity index (χ1v) is 8.15. The maximum absolute atomic E-state index is 5.92. The first-order chi connectivity index (χ1) is 10.0. The molecule has 0 radical (unpaired) electrons. The Morgan fingerprint density at radius 1 is 1.19 bits per heavy atom. The van der Waals surface area contributed by atoms with E-state index in [0.29, 0.717) is 12.6 Å². The largest absolute Gasteiger partial charge is 0.361 e. The highest BCUT2D eigenvalue weighted by Crippen LogP contribution is 2.17. The number of benzene rings is 1. The lowest BCUT2D eigenvalue weighted by Gasteiger charge is -2.37. The van der Waals surface area contributed by atoms with Crippen LogP contribution in [0.3, 0.4) is 0 Å². The summed E-state index contributed by atoms with van der Waals surface area (Å²) in [6.45, 7) is 10.3. The summed E-state index contributed by atoms with van der Waals surface area (Å²) in [5.41, 5.74) is 1.44. The van der Waals surface area contributed by atoms with Crippen LogP contribution >= 0.6 is 0 Å². The fourth-order valence-electron chi connectivity index (χ4n) is 2.74. The summed E-state index contributed by atoms with van der Waals surface area (Å²) >= 11 is 0. The molecule has 0 bridgehead atoms. The summed E-state index contributed by atoms with van der Waals surface area (Å²) in [7, 11) is 0. The van der Waals surface area contributed by atoms with Crippen molar-refractivity contribution in [2.24, 2.45) is 0 Å². The monoisotopic (exact) mass is 290 g/mol. The van der Waals surface area contributed by atoms with Crippen LogP contribution in [0.4, 0.5) is 0 Å². The molecule has 1 N–H and O–H groups in total. The molecule has 0 amide bonds. The molecule has 1 atom stereocenters. The third kappa shape index (κ3) is 6.16. The zero-order valence-corrected chi connectivity index (χ0v) is 13.8. The zero-order chi connectivity index (χ0) is 15.1. The fraction of sp³-hybridized carbons (Fsp3) is 0.667. The van der Waals surface area contributed by atoms with Crippen LogP contribution in [0.25, 0.3) is 0 Å². The molecule has 1 aliphatic heterocycles. The first kappa shape index (κ1) is 16.5. The van der Waals surface area contributed by atoms with E-state index >= 15 is 0 Å². The van der Waals surface area contributed by atoms with Crippen molar-refractivity contribution in [3.05, 3.63) is 35.9 Å². The molecule has 0 aliphatic carbocycles. The molecule has 3 heteroatoms. The van der Waals surface area contributed by atoms with Gasteiger partial charge in [0.2, 0.25) is 0 Å². The van der Waals surface area contributed by atoms with Gasteiger partial charge in [0, 0.05) is 24.7 Å². The molecule has 0 saturated carbocycles. The average molecular weight is 290 g/mol. The lowest BCUT2D eigenvalue weighted by molar-refractivity contribution is -0.0182. The molecular weight excluding hydrogens is 260 g/mol. The van der Waals surface area contributed by atoms with Crippen molar-refractivity contribution in [1.82, 2.24) is 10.2 Å². The predicted molar refractivity (Wildman–Crippen MR) is 88.2 cm³/mol. The standard InChI is InChI=1S/C18H30N2O/c1-18(2,3)19-13-17-11-7-8-12-20(17)15-21-14-16-9-5-4-6-10-16/h4-6,9-10,17,19H,7-8,11-15H2,1-3H3. The number of nitrogens with one attached hydrogen (secondary N) is 1.